The molecular weight excluding hydrogens is 408 g/mol. The van der Waals surface area contributed by atoms with E-state index in [2.05, 4.69) is 34.3 Å². The lowest BCUT2D eigenvalue weighted by Gasteiger charge is -2.36. The Balaban J connectivity index is 1.57. The van der Waals surface area contributed by atoms with Crippen LogP contribution in [0.5, 0.6) is 0 Å². The molecule has 0 amide bonds. The Morgan fingerprint density at radius 1 is 1.34 bits per heavy atom. The fourth-order valence-corrected chi connectivity index (χ4v) is 5.69. The molecule has 0 spiro atoms. The van der Waals surface area contributed by atoms with Crippen LogP contribution in [0, 0.1) is 6.92 Å². The number of rotatable bonds is 6. The number of guanidine groups is 1. The molecule has 1 unspecified atom stereocenters. The van der Waals surface area contributed by atoms with Crippen molar-refractivity contribution in [2.75, 3.05) is 46.9 Å². The fourth-order valence-electron chi connectivity index (χ4n) is 3.32. The number of hydrogen-bond acceptors (Lipinski definition) is 5. The summed E-state index contributed by atoms with van der Waals surface area (Å²) < 4.78 is 32.8. The molecule has 1 atom stereocenters. The topological polar surface area (TPSA) is 74.2 Å². The van der Waals surface area contributed by atoms with Crippen LogP contribution in [0.4, 0.5) is 0 Å². The van der Waals surface area contributed by atoms with Crippen LogP contribution < -0.4 is 5.32 Å². The minimum atomic E-state index is -3.44. The van der Waals surface area contributed by atoms with Crippen LogP contribution >= 0.6 is 11.3 Å². The molecule has 1 aliphatic rings. The average Bonchev–Trinajstić information content (AvgIpc) is 3.27. The Labute approximate surface area is 177 Å². The van der Waals surface area contributed by atoms with Gasteiger partial charge in [-0.25, -0.2) is 8.42 Å². The van der Waals surface area contributed by atoms with Crippen molar-refractivity contribution in [3.05, 3.63) is 52.9 Å². The van der Waals surface area contributed by atoms with Gasteiger partial charge in [-0.2, -0.15) is 4.31 Å². The van der Waals surface area contributed by atoms with Gasteiger partial charge in [0.25, 0.3) is 10.0 Å². The van der Waals surface area contributed by atoms with Gasteiger partial charge >= 0.3 is 0 Å². The minimum Gasteiger partial charge on any atom is -0.370 e. The van der Waals surface area contributed by atoms with Gasteiger partial charge in [0.15, 0.2) is 5.96 Å². The van der Waals surface area contributed by atoms with Gasteiger partial charge in [0.2, 0.25) is 0 Å². The number of sulfonamides is 1. The number of nitrogens with zero attached hydrogens (tertiary/aromatic N) is 3. The molecule has 29 heavy (non-hydrogen) atoms. The molecule has 7 nitrogen and oxygen atoms in total. The molecule has 2 aromatic rings. The lowest BCUT2D eigenvalue weighted by molar-refractivity contribution is -0.00830. The number of likely N-dealkylation sites (N-methyl/N-ethyl adjacent to an activating group) is 1. The Morgan fingerprint density at radius 3 is 2.83 bits per heavy atom. The monoisotopic (exact) mass is 436 g/mol. The van der Waals surface area contributed by atoms with Gasteiger partial charge in [0, 0.05) is 33.7 Å². The molecule has 2 heterocycles. The molecule has 3 rings (SSSR count). The van der Waals surface area contributed by atoms with Gasteiger partial charge in [0.1, 0.15) is 10.3 Å². The largest absolute Gasteiger partial charge is 0.370 e. The molecule has 1 N–H and O–H groups in total. The molecule has 0 radical (unpaired) electrons. The Bertz CT molecular complexity index is 929. The number of ether oxygens (including phenoxy) is 1. The molecule has 1 fully saturated rings. The second-order valence-corrected chi connectivity index (χ2v) is 10.1. The maximum absolute atomic E-state index is 12.5. The number of morpholine rings is 1. The van der Waals surface area contributed by atoms with Crippen LogP contribution in [0.25, 0.3) is 0 Å². The first kappa shape index (κ1) is 21.8. The lowest BCUT2D eigenvalue weighted by Crippen LogP contribution is -2.49. The molecule has 9 heteroatoms. The van der Waals surface area contributed by atoms with Crippen LogP contribution in [0.3, 0.4) is 0 Å². The second-order valence-electron chi connectivity index (χ2n) is 6.89. The van der Waals surface area contributed by atoms with E-state index in [4.69, 9.17) is 4.74 Å². The van der Waals surface area contributed by atoms with E-state index >= 15 is 0 Å². The van der Waals surface area contributed by atoms with E-state index in [0.29, 0.717) is 30.5 Å². The smallest absolute Gasteiger partial charge is 0.252 e. The fraction of sp³-hybridized carbons (Fsp3) is 0.450. The van der Waals surface area contributed by atoms with E-state index in [1.165, 1.54) is 26.8 Å². The van der Waals surface area contributed by atoms with Crippen LogP contribution in [0.2, 0.25) is 0 Å². The molecule has 1 aromatic heterocycles. The van der Waals surface area contributed by atoms with E-state index in [1.54, 1.807) is 31.6 Å². The molecule has 0 bridgehead atoms. The predicted molar refractivity (Wildman–Crippen MR) is 117 cm³/mol. The van der Waals surface area contributed by atoms with E-state index in [-0.39, 0.29) is 6.10 Å². The van der Waals surface area contributed by atoms with Gasteiger partial charge in [-0.05, 0) is 29.5 Å². The highest BCUT2D eigenvalue weighted by Gasteiger charge is 2.26. The third-order valence-electron chi connectivity index (χ3n) is 4.98. The highest BCUT2D eigenvalue weighted by Crippen LogP contribution is 2.25. The Kier molecular flexibility index (Phi) is 7.28. The van der Waals surface area contributed by atoms with Crippen molar-refractivity contribution in [1.82, 2.24) is 14.5 Å². The number of aliphatic imine (C=N–C) groups is 1. The zero-order chi connectivity index (χ0) is 20.9. The van der Waals surface area contributed by atoms with E-state index in [9.17, 15) is 8.42 Å². The average molecular weight is 437 g/mol. The number of benzene rings is 1. The van der Waals surface area contributed by atoms with Gasteiger partial charge in [-0.3, -0.25) is 4.99 Å². The third kappa shape index (κ3) is 5.16. The summed E-state index contributed by atoms with van der Waals surface area (Å²) in [7, 11) is -0.0940. The highest BCUT2D eigenvalue weighted by atomic mass is 32.2. The molecule has 1 saturated heterocycles. The number of nitrogens with one attached hydrogen (secondary N) is 1. The summed E-state index contributed by atoms with van der Waals surface area (Å²) in [4.78, 5) is 6.54. The maximum Gasteiger partial charge on any atom is 0.252 e. The van der Waals surface area contributed by atoms with Gasteiger partial charge in [-0.1, -0.05) is 30.3 Å². The quantitative estimate of drug-likeness (QED) is 0.556. The van der Waals surface area contributed by atoms with Crippen molar-refractivity contribution in [2.45, 2.75) is 17.2 Å². The standard InChI is InChI=1S/C20H28N4O3S2/c1-16-7-4-5-8-17(16)18-15-24(12-13-27-18)20(21-2)22-10-11-23(3)29(25,26)19-9-6-14-28-19/h4-9,14,18H,10-13,15H2,1-3H3,(H,21,22). The Morgan fingerprint density at radius 2 is 2.14 bits per heavy atom. The van der Waals surface area contributed by atoms with Gasteiger partial charge < -0.3 is 15.0 Å². The molecule has 0 aliphatic carbocycles. The summed E-state index contributed by atoms with van der Waals surface area (Å²) in [6.07, 6.45) is -0.00891. The predicted octanol–water partition coefficient (Wildman–Crippen LogP) is 2.33. The summed E-state index contributed by atoms with van der Waals surface area (Å²) in [5, 5.41) is 5.06. The Hall–Kier alpha value is -1.94. The van der Waals surface area contributed by atoms with E-state index in [1.807, 2.05) is 12.1 Å². The summed E-state index contributed by atoms with van der Waals surface area (Å²) in [5.74, 6) is 0.758. The highest BCUT2D eigenvalue weighted by molar-refractivity contribution is 7.91. The first-order valence-corrected chi connectivity index (χ1v) is 11.9. The van der Waals surface area contributed by atoms with Gasteiger partial charge in [-0.15, -0.1) is 11.3 Å². The lowest BCUT2D eigenvalue weighted by atomic mass is 10.0. The van der Waals surface area contributed by atoms with E-state index in [0.717, 1.165) is 12.5 Å². The van der Waals surface area contributed by atoms with Crippen molar-refractivity contribution in [3.63, 3.8) is 0 Å². The second kappa shape index (κ2) is 9.71. The third-order valence-corrected chi connectivity index (χ3v) is 8.21. The zero-order valence-electron chi connectivity index (χ0n) is 17.0. The first-order chi connectivity index (χ1) is 13.9. The van der Waals surface area contributed by atoms with Crippen molar-refractivity contribution in [1.29, 1.82) is 0 Å². The summed E-state index contributed by atoms with van der Waals surface area (Å²) in [6, 6.07) is 11.6. The molecule has 1 aliphatic heterocycles. The van der Waals surface area contributed by atoms with Crippen molar-refractivity contribution in [2.24, 2.45) is 4.99 Å². The molecule has 0 saturated carbocycles. The number of hydrogen-bond donors (Lipinski definition) is 1. The summed E-state index contributed by atoms with van der Waals surface area (Å²) in [5.41, 5.74) is 2.40. The SMILES string of the molecule is CN=C(NCCN(C)S(=O)(=O)c1cccs1)N1CCOC(c2ccccc2C)C1. The zero-order valence-corrected chi connectivity index (χ0v) is 18.7. The molecule has 158 valence electrons. The van der Waals surface area contributed by atoms with Crippen molar-refractivity contribution in [3.8, 4) is 0 Å². The summed E-state index contributed by atoms with van der Waals surface area (Å²) >= 11 is 1.23. The minimum absolute atomic E-state index is 0.00891. The van der Waals surface area contributed by atoms with Crippen LogP contribution in [0.1, 0.15) is 17.2 Å². The first-order valence-electron chi connectivity index (χ1n) is 9.56. The van der Waals surface area contributed by atoms with Gasteiger partial charge in [0.05, 0.1) is 13.2 Å². The van der Waals surface area contributed by atoms with Crippen molar-refractivity contribution >= 4 is 27.3 Å². The van der Waals surface area contributed by atoms with Crippen LogP contribution in [0.15, 0.2) is 51.0 Å². The number of aryl methyl sites for hydroxylation is 1. The number of thiophene rings is 1. The summed E-state index contributed by atoms with van der Waals surface area (Å²) in [6.45, 7) is 4.98. The normalized spacial score (nSPS) is 18.3. The molecule has 1 aromatic carbocycles. The van der Waals surface area contributed by atoms with E-state index < -0.39 is 10.0 Å². The van der Waals surface area contributed by atoms with Crippen molar-refractivity contribution < 1.29 is 13.2 Å². The maximum atomic E-state index is 12.5. The van der Waals surface area contributed by atoms with Crippen LogP contribution in [-0.2, 0) is 14.8 Å². The molecular formula is C20H28N4O3S2. The van der Waals surface area contributed by atoms with Crippen LogP contribution in [-0.4, -0.2) is 70.5 Å².